The van der Waals surface area contributed by atoms with E-state index < -0.39 is 16.0 Å². The summed E-state index contributed by atoms with van der Waals surface area (Å²) in [6.07, 6.45) is 0. The van der Waals surface area contributed by atoms with Gasteiger partial charge < -0.3 is 19.3 Å². The molecule has 11 heteroatoms. The zero-order chi connectivity index (χ0) is 23.9. The Balaban J connectivity index is 1.52. The molecule has 1 aliphatic rings. The zero-order valence-electron chi connectivity index (χ0n) is 17.3. The van der Waals surface area contributed by atoms with Crippen molar-refractivity contribution in [1.29, 1.82) is 0 Å². The van der Waals surface area contributed by atoms with E-state index in [1.54, 1.807) is 30.3 Å². The van der Waals surface area contributed by atoms with Gasteiger partial charge in [-0.3, -0.25) is 0 Å². The van der Waals surface area contributed by atoms with Gasteiger partial charge in [0.15, 0.2) is 17.2 Å². The maximum Gasteiger partial charge on any atom is 0.337 e. The number of sulfonamides is 1. The first-order valence-corrected chi connectivity index (χ1v) is 12.6. The molecule has 174 valence electrons. The number of nitrogens with one attached hydrogen (secondary N) is 1. The first kappa shape index (κ1) is 22.5. The summed E-state index contributed by atoms with van der Waals surface area (Å²) in [5, 5.41) is 10.7. The largest absolute Gasteiger partial charge is 0.478 e. The normalized spacial score (nSPS) is 12.7. The quantitative estimate of drug-likeness (QED) is 0.344. The highest BCUT2D eigenvalue weighted by Crippen LogP contribution is 2.46. The molecule has 0 unspecified atom stereocenters. The molecule has 0 saturated carbocycles. The predicted molar refractivity (Wildman–Crippen MR) is 127 cm³/mol. The number of ether oxygens (including phenoxy) is 3. The van der Waals surface area contributed by atoms with Crippen molar-refractivity contribution in [3.8, 4) is 23.0 Å². The highest BCUT2D eigenvalue weighted by molar-refractivity contribution is 7.89. The molecule has 1 aromatic heterocycles. The molecule has 34 heavy (non-hydrogen) atoms. The number of rotatable bonds is 7. The van der Waals surface area contributed by atoms with Crippen LogP contribution >= 0.6 is 22.9 Å². The molecule has 8 nitrogen and oxygen atoms in total. The van der Waals surface area contributed by atoms with Gasteiger partial charge in [-0.25, -0.2) is 17.9 Å². The maximum absolute atomic E-state index is 13.0. The number of halogens is 1. The standard InChI is InChI=1S/C23H16ClNO7S2/c24-13-5-7-14(8-6-13)32-22-16-9-17-18(31-12-30-17)10-19(16)33-20(22)11-25-34(28,29)21-4-2-1-3-15(21)23(26)27/h1-10,25H,11-12H2,(H,26,27). The molecule has 3 aromatic carbocycles. The van der Waals surface area contributed by atoms with Crippen LogP contribution < -0.4 is 18.9 Å². The van der Waals surface area contributed by atoms with Gasteiger partial charge in [0, 0.05) is 27.7 Å². The minimum atomic E-state index is -4.12. The van der Waals surface area contributed by atoms with Crippen LogP contribution in [0.3, 0.4) is 0 Å². The Morgan fingerprint density at radius 3 is 2.53 bits per heavy atom. The Labute approximate surface area is 203 Å². The minimum Gasteiger partial charge on any atom is -0.478 e. The molecule has 4 aromatic rings. The number of fused-ring (bicyclic) bond motifs is 2. The highest BCUT2D eigenvalue weighted by atomic mass is 35.5. The molecule has 0 atom stereocenters. The van der Waals surface area contributed by atoms with Crippen molar-refractivity contribution < 1.29 is 32.5 Å². The molecule has 0 spiro atoms. The van der Waals surface area contributed by atoms with E-state index in [-0.39, 0.29) is 23.8 Å². The van der Waals surface area contributed by atoms with Gasteiger partial charge >= 0.3 is 5.97 Å². The number of carboxylic acids is 1. The fourth-order valence-electron chi connectivity index (χ4n) is 3.48. The summed E-state index contributed by atoms with van der Waals surface area (Å²) in [5.41, 5.74) is -0.310. The first-order chi connectivity index (χ1) is 16.3. The van der Waals surface area contributed by atoms with Crippen LogP contribution in [0.1, 0.15) is 15.2 Å². The van der Waals surface area contributed by atoms with Crippen LogP contribution in [0.5, 0.6) is 23.0 Å². The van der Waals surface area contributed by atoms with Crippen molar-refractivity contribution in [2.75, 3.05) is 6.79 Å². The Morgan fingerprint density at radius 2 is 1.79 bits per heavy atom. The fraction of sp³-hybridized carbons (Fsp3) is 0.0870. The summed E-state index contributed by atoms with van der Waals surface area (Å²) in [6.45, 7) is 0.000558. The van der Waals surface area contributed by atoms with Crippen LogP contribution in [0.4, 0.5) is 0 Å². The van der Waals surface area contributed by atoms with Gasteiger partial charge in [-0.05, 0) is 42.5 Å². The molecule has 0 aliphatic carbocycles. The number of aromatic carboxylic acids is 1. The Hall–Kier alpha value is -3.31. The van der Waals surface area contributed by atoms with Gasteiger partial charge in [0.2, 0.25) is 16.8 Å². The van der Waals surface area contributed by atoms with Crippen molar-refractivity contribution in [2.45, 2.75) is 11.4 Å². The van der Waals surface area contributed by atoms with Gasteiger partial charge in [-0.2, -0.15) is 0 Å². The topological polar surface area (TPSA) is 111 Å². The van der Waals surface area contributed by atoms with Crippen molar-refractivity contribution in [1.82, 2.24) is 4.72 Å². The lowest BCUT2D eigenvalue weighted by Crippen LogP contribution is -2.25. The van der Waals surface area contributed by atoms with Crippen molar-refractivity contribution in [3.63, 3.8) is 0 Å². The molecular weight excluding hydrogens is 502 g/mol. The second-order valence-corrected chi connectivity index (χ2v) is 10.5. The van der Waals surface area contributed by atoms with Crippen molar-refractivity contribution >= 4 is 49.0 Å². The van der Waals surface area contributed by atoms with Crippen molar-refractivity contribution in [3.05, 3.63) is 76.1 Å². The lowest BCUT2D eigenvalue weighted by atomic mass is 10.2. The smallest absolute Gasteiger partial charge is 0.337 e. The molecule has 0 saturated heterocycles. The second kappa shape index (κ2) is 8.80. The maximum atomic E-state index is 13.0. The average Bonchev–Trinajstić information content (AvgIpc) is 3.41. The van der Waals surface area contributed by atoms with Crippen LogP contribution in [0.25, 0.3) is 10.1 Å². The number of carboxylic acid groups (broad SMARTS) is 1. The molecular formula is C23H16ClNO7S2. The first-order valence-electron chi connectivity index (χ1n) is 9.92. The summed E-state index contributed by atoms with van der Waals surface area (Å²) in [6, 6.07) is 15.8. The highest BCUT2D eigenvalue weighted by Gasteiger charge is 2.25. The number of hydrogen-bond donors (Lipinski definition) is 2. The van der Waals surface area contributed by atoms with E-state index in [0.29, 0.717) is 32.9 Å². The van der Waals surface area contributed by atoms with E-state index in [9.17, 15) is 18.3 Å². The third kappa shape index (κ3) is 4.28. The molecule has 0 radical (unpaired) electrons. The molecule has 2 heterocycles. The summed E-state index contributed by atoms with van der Waals surface area (Å²) < 4.78 is 46.3. The molecule has 0 bridgehead atoms. The van der Waals surface area contributed by atoms with E-state index in [2.05, 4.69) is 4.72 Å². The lowest BCUT2D eigenvalue weighted by Gasteiger charge is -2.11. The van der Waals surface area contributed by atoms with Crippen LogP contribution in [0.15, 0.2) is 65.6 Å². The summed E-state index contributed by atoms with van der Waals surface area (Å²) in [7, 11) is -4.12. The molecule has 1 aliphatic heterocycles. The van der Waals surface area contributed by atoms with E-state index >= 15 is 0 Å². The van der Waals surface area contributed by atoms with E-state index in [1.807, 2.05) is 6.07 Å². The average molecular weight is 518 g/mol. The Kier molecular flexibility index (Phi) is 5.82. The molecule has 5 rings (SSSR count). The third-order valence-electron chi connectivity index (χ3n) is 5.07. The predicted octanol–water partition coefficient (Wildman–Crippen LogP) is 5.25. The summed E-state index contributed by atoms with van der Waals surface area (Å²) >= 11 is 7.30. The number of hydrogen-bond acceptors (Lipinski definition) is 7. The lowest BCUT2D eigenvalue weighted by molar-refractivity contribution is 0.0692. The fourth-order valence-corrected chi connectivity index (χ4v) is 5.97. The zero-order valence-corrected chi connectivity index (χ0v) is 19.7. The van der Waals surface area contributed by atoms with Crippen LogP contribution in [0.2, 0.25) is 5.02 Å². The molecule has 0 amide bonds. The van der Waals surface area contributed by atoms with Crippen LogP contribution in [0, 0.1) is 0 Å². The summed E-state index contributed by atoms with van der Waals surface area (Å²) in [4.78, 5) is 11.8. The Bertz CT molecular complexity index is 1510. The van der Waals surface area contributed by atoms with Gasteiger partial charge in [-0.1, -0.05) is 23.7 Å². The van der Waals surface area contributed by atoms with Gasteiger partial charge in [0.25, 0.3) is 0 Å². The Morgan fingerprint density at radius 1 is 1.09 bits per heavy atom. The minimum absolute atomic E-state index is 0.120. The SMILES string of the molecule is O=C(O)c1ccccc1S(=O)(=O)NCc1sc2cc3c(cc2c1Oc1ccc(Cl)cc1)OCO3. The number of benzene rings is 3. The van der Waals surface area contributed by atoms with E-state index in [4.69, 9.17) is 25.8 Å². The molecule has 0 fully saturated rings. The monoisotopic (exact) mass is 517 g/mol. The van der Waals surface area contributed by atoms with E-state index in [0.717, 1.165) is 10.1 Å². The number of thiophene rings is 1. The third-order valence-corrected chi connectivity index (χ3v) is 7.91. The summed E-state index contributed by atoms with van der Waals surface area (Å²) in [5.74, 6) is 0.795. The molecule has 2 N–H and O–H groups in total. The van der Waals surface area contributed by atoms with Gasteiger partial charge in [0.1, 0.15) is 5.75 Å². The van der Waals surface area contributed by atoms with Crippen LogP contribution in [-0.2, 0) is 16.6 Å². The van der Waals surface area contributed by atoms with Crippen molar-refractivity contribution in [2.24, 2.45) is 0 Å². The van der Waals surface area contributed by atoms with Gasteiger partial charge in [-0.15, -0.1) is 11.3 Å². The van der Waals surface area contributed by atoms with Gasteiger partial charge in [0.05, 0.1) is 15.3 Å². The van der Waals surface area contributed by atoms with Crippen LogP contribution in [-0.4, -0.2) is 26.3 Å². The van der Waals surface area contributed by atoms with E-state index in [1.165, 1.54) is 35.6 Å². The number of carbonyl (C=O) groups is 1. The second-order valence-electron chi connectivity index (χ2n) is 7.24.